The number of carbonyl (C=O) groups is 1. The minimum atomic E-state index is 0.0558. The number of pyridine rings is 1. The molecule has 0 saturated carbocycles. The van der Waals surface area contributed by atoms with Gasteiger partial charge in [-0.2, -0.15) is 0 Å². The van der Waals surface area contributed by atoms with E-state index in [1.54, 1.807) is 0 Å². The van der Waals surface area contributed by atoms with Crippen LogP contribution in [0.2, 0.25) is 0 Å². The number of hydrogen-bond acceptors (Lipinski definition) is 7. The number of aromatic nitrogens is 1. The van der Waals surface area contributed by atoms with Crippen LogP contribution in [0.25, 0.3) is 0 Å². The molecule has 4 aliphatic rings. The molecule has 0 spiro atoms. The number of piperidine rings is 1. The van der Waals surface area contributed by atoms with E-state index < -0.39 is 0 Å². The number of amides is 1. The summed E-state index contributed by atoms with van der Waals surface area (Å²) in [5.74, 6) is 2.33. The maximum atomic E-state index is 12.0. The van der Waals surface area contributed by atoms with Crippen LogP contribution in [0.15, 0.2) is 43.1 Å². The molecule has 1 amide bonds. The molecule has 6 rings (SSSR count). The third kappa shape index (κ3) is 4.55. The van der Waals surface area contributed by atoms with E-state index >= 15 is 0 Å². The van der Waals surface area contributed by atoms with Gasteiger partial charge in [-0.05, 0) is 68.1 Å². The molecule has 0 aliphatic carbocycles. The standard InChI is InChI=1S/C28H35N5O3/c1-2-27(34)33-12-8-22(18-33)31-10-6-20(7-11-31)21-3-4-26-24(17-21)30-28-23(19-36-26)25(5-9-29-28)32-13-15-35-16-14-32/h2-5,9,17,20,22H,1,6-8,10-16,18-19H2,(H,29,30). The van der Waals surface area contributed by atoms with Crippen molar-refractivity contribution >= 4 is 23.1 Å². The fourth-order valence-electron chi connectivity index (χ4n) is 6.10. The van der Waals surface area contributed by atoms with Crippen LogP contribution in [0.1, 0.15) is 36.3 Å². The molecule has 1 unspecified atom stereocenters. The van der Waals surface area contributed by atoms with Crippen LogP contribution < -0.4 is 15.0 Å². The number of nitrogens with zero attached hydrogens (tertiary/aromatic N) is 4. The summed E-state index contributed by atoms with van der Waals surface area (Å²) in [5, 5.41) is 3.59. The van der Waals surface area contributed by atoms with Crippen molar-refractivity contribution in [1.82, 2.24) is 14.8 Å². The van der Waals surface area contributed by atoms with Crippen LogP contribution >= 0.6 is 0 Å². The molecule has 5 heterocycles. The predicted octanol–water partition coefficient (Wildman–Crippen LogP) is 3.52. The Bertz CT molecular complexity index is 1120. The molecule has 4 aliphatic heterocycles. The van der Waals surface area contributed by atoms with Gasteiger partial charge in [0.25, 0.3) is 0 Å². The third-order valence-electron chi connectivity index (χ3n) is 8.18. The maximum absolute atomic E-state index is 12.0. The number of morpholine rings is 1. The number of carbonyl (C=O) groups excluding carboxylic acids is 1. The summed E-state index contributed by atoms with van der Waals surface area (Å²) in [6.45, 7) is 11.2. The lowest BCUT2D eigenvalue weighted by Crippen LogP contribution is -2.42. The monoisotopic (exact) mass is 489 g/mol. The Morgan fingerprint density at radius 3 is 2.72 bits per heavy atom. The average Bonchev–Trinajstić information content (AvgIpc) is 3.35. The number of fused-ring (bicyclic) bond motifs is 2. The van der Waals surface area contributed by atoms with Crippen molar-refractivity contribution in [3.63, 3.8) is 0 Å². The Morgan fingerprint density at radius 2 is 1.92 bits per heavy atom. The summed E-state index contributed by atoms with van der Waals surface area (Å²) in [4.78, 5) is 23.5. The largest absolute Gasteiger partial charge is 0.487 e. The Hall–Kier alpha value is -3.10. The Labute approximate surface area is 212 Å². The van der Waals surface area contributed by atoms with Gasteiger partial charge in [-0.15, -0.1) is 0 Å². The minimum absolute atomic E-state index is 0.0558. The fraction of sp³-hybridized carbons (Fsp3) is 0.500. The highest BCUT2D eigenvalue weighted by molar-refractivity contribution is 5.87. The van der Waals surface area contributed by atoms with Gasteiger partial charge in [0.05, 0.1) is 24.5 Å². The second-order valence-corrected chi connectivity index (χ2v) is 10.2. The van der Waals surface area contributed by atoms with Gasteiger partial charge >= 0.3 is 0 Å². The summed E-state index contributed by atoms with van der Waals surface area (Å²) < 4.78 is 11.8. The lowest BCUT2D eigenvalue weighted by atomic mass is 9.88. The van der Waals surface area contributed by atoms with Crippen molar-refractivity contribution in [3.8, 4) is 5.75 Å². The van der Waals surface area contributed by atoms with Crippen LogP contribution in [-0.2, 0) is 16.1 Å². The highest BCUT2D eigenvalue weighted by Gasteiger charge is 2.32. The summed E-state index contributed by atoms with van der Waals surface area (Å²) >= 11 is 0. The van der Waals surface area contributed by atoms with Crippen LogP contribution in [0, 0.1) is 0 Å². The van der Waals surface area contributed by atoms with Gasteiger partial charge in [0.15, 0.2) is 0 Å². The van der Waals surface area contributed by atoms with Gasteiger partial charge < -0.3 is 24.6 Å². The van der Waals surface area contributed by atoms with Crippen molar-refractivity contribution in [1.29, 1.82) is 0 Å². The first-order chi connectivity index (χ1) is 17.7. The quantitative estimate of drug-likeness (QED) is 0.659. The second-order valence-electron chi connectivity index (χ2n) is 10.2. The smallest absolute Gasteiger partial charge is 0.246 e. The molecular formula is C28H35N5O3. The zero-order valence-electron chi connectivity index (χ0n) is 20.8. The summed E-state index contributed by atoms with van der Waals surface area (Å²) in [7, 11) is 0. The zero-order chi connectivity index (χ0) is 24.5. The zero-order valence-corrected chi connectivity index (χ0v) is 20.8. The topological polar surface area (TPSA) is 70.2 Å². The highest BCUT2D eigenvalue weighted by Crippen LogP contribution is 2.40. The maximum Gasteiger partial charge on any atom is 0.246 e. The van der Waals surface area contributed by atoms with Gasteiger partial charge in [-0.3, -0.25) is 9.69 Å². The normalized spacial score (nSPS) is 22.7. The number of benzene rings is 1. The molecule has 8 nitrogen and oxygen atoms in total. The third-order valence-corrected chi connectivity index (χ3v) is 8.18. The second kappa shape index (κ2) is 10.1. The summed E-state index contributed by atoms with van der Waals surface area (Å²) in [5.41, 5.74) is 4.63. The number of likely N-dealkylation sites (tertiary alicyclic amines) is 2. The number of nitrogens with one attached hydrogen (secondary N) is 1. The van der Waals surface area contributed by atoms with Gasteiger partial charge in [-0.1, -0.05) is 12.6 Å². The van der Waals surface area contributed by atoms with Crippen LogP contribution in [0.4, 0.5) is 17.2 Å². The minimum Gasteiger partial charge on any atom is -0.487 e. The number of rotatable bonds is 4. The van der Waals surface area contributed by atoms with Crippen LogP contribution in [0.5, 0.6) is 5.75 Å². The van der Waals surface area contributed by atoms with Gasteiger partial charge in [-0.25, -0.2) is 4.98 Å². The Kier molecular flexibility index (Phi) is 6.54. The van der Waals surface area contributed by atoms with Gasteiger partial charge in [0.1, 0.15) is 18.2 Å². The van der Waals surface area contributed by atoms with Gasteiger partial charge in [0, 0.05) is 44.1 Å². The highest BCUT2D eigenvalue weighted by atomic mass is 16.5. The molecule has 1 aromatic heterocycles. The van der Waals surface area contributed by atoms with E-state index in [2.05, 4.69) is 50.9 Å². The average molecular weight is 490 g/mol. The number of ether oxygens (including phenoxy) is 2. The molecule has 1 N–H and O–H groups in total. The Morgan fingerprint density at radius 1 is 1.08 bits per heavy atom. The van der Waals surface area contributed by atoms with Crippen molar-refractivity contribution in [2.24, 2.45) is 0 Å². The first kappa shape index (κ1) is 23.3. The van der Waals surface area contributed by atoms with E-state index in [0.717, 1.165) is 94.6 Å². The molecule has 190 valence electrons. The van der Waals surface area contributed by atoms with E-state index in [1.807, 2.05) is 11.1 Å². The molecule has 0 radical (unpaired) electrons. The molecule has 3 fully saturated rings. The van der Waals surface area contributed by atoms with E-state index in [-0.39, 0.29) is 5.91 Å². The van der Waals surface area contributed by atoms with E-state index in [9.17, 15) is 4.79 Å². The van der Waals surface area contributed by atoms with Crippen molar-refractivity contribution < 1.29 is 14.3 Å². The molecule has 1 atom stereocenters. The van der Waals surface area contributed by atoms with E-state index in [4.69, 9.17) is 9.47 Å². The molecule has 8 heteroatoms. The van der Waals surface area contributed by atoms with Crippen LogP contribution in [0.3, 0.4) is 0 Å². The number of anilines is 3. The SMILES string of the molecule is C=CC(=O)N1CCC(N2CCC(c3ccc4c(c3)Nc3nccc(N5CCOCC5)c3CO4)CC2)C1. The molecule has 3 saturated heterocycles. The molecule has 36 heavy (non-hydrogen) atoms. The molecule has 0 bridgehead atoms. The lowest BCUT2D eigenvalue weighted by molar-refractivity contribution is -0.125. The first-order valence-corrected chi connectivity index (χ1v) is 13.2. The summed E-state index contributed by atoms with van der Waals surface area (Å²) in [6, 6.07) is 9.16. The molecule has 1 aromatic carbocycles. The van der Waals surface area contributed by atoms with Crippen LogP contribution in [-0.4, -0.2) is 79.2 Å². The summed E-state index contributed by atoms with van der Waals surface area (Å²) in [6.07, 6.45) is 6.63. The van der Waals surface area contributed by atoms with Crippen molar-refractivity contribution in [3.05, 3.63) is 54.2 Å². The molecular weight excluding hydrogens is 454 g/mol. The van der Waals surface area contributed by atoms with Crippen molar-refractivity contribution in [2.45, 2.75) is 37.8 Å². The van der Waals surface area contributed by atoms with E-state index in [0.29, 0.717) is 18.6 Å². The fourth-order valence-corrected chi connectivity index (χ4v) is 6.10. The van der Waals surface area contributed by atoms with Gasteiger partial charge in [0.2, 0.25) is 5.91 Å². The predicted molar refractivity (Wildman–Crippen MR) is 140 cm³/mol. The Balaban J connectivity index is 1.13. The first-order valence-electron chi connectivity index (χ1n) is 13.2. The molecule has 2 aromatic rings. The lowest BCUT2D eigenvalue weighted by Gasteiger charge is -2.36. The van der Waals surface area contributed by atoms with Crippen molar-refractivity contribution in [2.75, 3.05) is 62.7 Å². The number of hydrogen-bond donors (Lipinski definition) is 1. The van der Waals surface area contributed by atoms with E-state index in [1.165, 1.54) is 17.3 Å².